The predicted molar refractivity (Wildman–Crippen MR) is 139 cm³/mol. The zero-order valence-electron chi connectivity index (χ0n) is 19.4. The Balaban J connectivity index is 1.54. The van der Waals surface area contributed by atoms with Crippen LogP contribution in [0.2, 0.25) is 0 Å². The highest BCUT2D eigenvalue weighted by Crippen LogP contribution is 2.33. The van der Waals surface area contributed by atoms with Crippen molar-refractivity contribution in [3.8, 4) is 5.69 Å². The molecule has 4 heterocycles. The van der Waals surface area contributed by atoms with E-state index in [1.165, 1.54) is 21.5 Å². The molecule has 7 nitrogen and oxygen atoms in total. The molecule has 0 saturated heterocycles. The van der Waals surface area contributed by atoms with E-state index in [4.69, 9.17) is 0 Å². The zero-order chi connectivity index (χ0) is 24.1. The molecule has 9 heteroatoms. The second kappa shape index (κ2) is 8.75. The number of nitrogens with zero attached hydrogens (tertiary/aromatic N) is 4. The van der Waals surface area contributed by atoms with Crippen molar-refractivity contribution in [3.63, 3.8) is 0 Å². The van der Waals surface area contributed by atoms with E-state index in [1.807, 2.05) is 65.9 Å². The number of likely N-dealkylation sites (N-methyl/N-ethyl adjacent to an activating group) is 1. The molecule has 1 atom stereocenters. The highest BCUT2D eigenvalue weighted by molar-refractivity contribution is 7.99. The molecular weight excluding hydrogens is 478 g/mol. The van der Waals surface area contributed by atoms with E-state index in [0.29, 0.717) is 16.5 Å². The molecule has 0 aliphatic carbocycles. The third-order valence-electron chi connectivity index (χ3n) is 6.49. The van der Waals surface area contributed by atoms with Gasteiger partial charge in [-0.1, -0.05) is 59.8 Å². The normalized spacial score (nSPS) is 15.5. The van der Waals surface area contributed by atoms with Crippen molar-refractivity contribution in [2.45, 2.75) is 25.0 Å². The van der Waals surface area contributed by atoms with Crippen molar-refractivity contribution < 1.29 is 9.69 Å². The number of hydrogen-bond acceptors (Lipinski definition) is 6. The van der Waals surface area contributed by atoms with Gasteiger partial charge in [0.2, 0.25) is 5.78 Å². The largest absolute Gasteiger partial charge is 0.333 e. The summed E-state index contributed by atoms with van der Waals surface area (Å²) in [4.78, 5) is 30.2. The number of Topliss-reactive ketones (excluding diaryl/α,β-unsaturated/α-hetero) is 1. The number of hydrogen-bond donors (Lipinski definition) is 1. The fourth-order valence-electron chi connectivity index (χ4n) is 4.63. The third-order valence-corrected chi connectivity index (χ3v) is 8.64. The van der Waals surface area contributed by atoms with Crippen LogP contribution in [0.25, 0.3) is 21.7 Å². The molecule has 0 spiro atoms. The monoisotopic (exact) mass is 502 g/mol. The van der Waals surface area contributed by atoms with E-state index < -0.39 is 0 Å². The number of thiophene rings is 1. The number of ketones is 1. The summed E-state index contributed by atoms with van der Waals surface area (Å²) in [7, 11) is 2.18. The Labute approximate surface area is 210 Å². The predicted octanol–water partition coefficient (Wildman–Crippen LogP) is 2.95. The lowest BCUT2D eigenvalue weighted by molar-refractivity contribution is -0.895. The summed E-state index contributed by atoms with van der Waals surface area (Å²) in [6.45, 7) is 3.92. The lowest BCUT2D eigenvalue weighted by atomic mass is 10.1. The van der Waals surface area contributed by atoms with E-state index >= 15 is 0 Å². The van der Waals surface area contributed by atoms with Crippen LogP contribution in [0.4, 0.5) is 0 Å². The van der Waals surface area contributed by atoms with E-state index in [1.54, 1.807) is 15.9 Å². The van der Waals surface area contributed by atoms with Gasteiger partial charge in [-0.25, -0.2) is 8.97 Å². The Morgan fingerprint density at radius 3 is 2.66 bits per heavy atom. The van der Waals surface area contributed by atoms with Gasteiger partial charge in [0.25, 0.3) is 5.56 Å². The first-order valence-corrected chi connectivity index (χ1v) is 13.4. The molecule has 1 N–H and O–H groups in total. The quantitative estimate of drug-likeness (QED) is 0.296. The van der Waals surface area contributed by atoms with Gasteiger partial charge >= 0.3 is 0 Å². The molecule has 0 bridgehead atoms. The summed E-state index contributed by atoms with van der Waals surface area (Å²) in [5.41, 5.74) is 3.64. The fourth-order valence-corrected chi connectivity index (χ4v) is 6.97. The Morgan fingerprint density at radius 2 is 1.89 bits per heavy atom. The first kappa shape index (κ1) is 22.2. The summed E-state index contributed by atoms with van der Waals surface area (Å²) in [6, 6.07) is 17.2. The lowest BCUT2D eigenvalue weighted by Crippen LogP contribution is -3.08. The van der Waals surface area contributed by atoms with Crippen molar-refractivity contribution in [1.82, 2.24) is 19.2 Å². The highest BCUT2D eigenvalue weighted by atomic mass is 32.2. The number of aryl methyl sites for hydroxylation is 1. The molecule has 0 radical (unpaired) electrons. The maximum Gasteiger partial charge on any atom is 0.268 e. The van der Waals surface area contributed by atoms with E-state index in [2.05, 4.69) is 17.2 Å². The average Bonchev–Trinajstić information content (AvgIpc) is 3.45. The Morgan fingerprint density at radius 1 is 1.11 bits per heavy atom. The van der Waals surface area contributed by atoms with Gasteiger partial charge in [-0.2, -0.15) is 0 Å². The van der Waals surface area contributed by atoms with E-state index in [0.717, 1.165) is 46.5 Å². The summed E-state index contributed by atoms with van der Waals surface area (Å²) >= 11 is 3.01. The minimum absolute atomic E-state index is 0.0335. The molecule has 0 fully saturated rings. The van der Waals surface area contributed by atoms with Crippen LogP contribution >= 0.6 is 23.1 Å². The maximum absolute atomic E-state index is 13.9. The molecule has 1 aliphatic rings. The molecule has 2 aromatic carbocycles. The van der Waals surface area contributed by atoms with Crippen LogP contribution < -0.4 is 10.5 Å². The fraction of sp³-hybridized carbons (Fsp3) is 0.231. The Kier molecular flexibility index (Phi) is 5.55. The minimum Gasteiger partial charge on any atom is -0.333 e. The van der Waals surface area contributed by atoms with E-state index in [9.17, 15) is 9.59 Å². The van der Waals surface area contributed by atoms with Crippen LogP contribution in [0, 0.1) is 6.92 Å². The van der Waals surface area contributed by atoms with Gasteiger partial charge in [0.15, 0.2) is 10.9 Å². The van der Waals surface area contributed by atoms with Crippen molar-refractivity contribution in [1.29, 1.82) is 0 Å². The van der Waals surface area contributed by atoms with Gasteiger partial charge in [-0.3, -0.25) is 9.59 Å². The average molecular weight is 503 g/mol. The van der Waals surface area contributed by atoms with Gasteiger partial charge < -0.3 is 4.90 Å². The first-order chi connectivity index (χ1) is 17.0. The number of benzene rings is 2. The van der Waals surface area contributed by atoms with Crippen molar-refractivity contribution in [2.24, 2.45) is 0 Å². The smallest absolute Gasteiger partial charge is 0.268 e. The number of rotatable bonds is 5. The number of aromatic nitrogens is 4. The lowest BCUT2D eigenvalue weighted by Gasteiger charge is -2.19. The zero-order valence-corrected chi connectivity index (χ0v) is 21.1. The van der Waals surface area contributed by atoms with Crippen molar-refractivity contribution in [3.05, 3.63) is 86.5 Å². The number of carbonyl (C=O) groups excluding carboxylic acids is 1. The van der Waals surface area contributed by atoms with Crippen LogP contribution in [0.3, 0.4) is 0 Å². The van der Waals surface area contributed by atoms with E-state index in [-0.39, 0.29) is 17.1 Å². The number of fused-ring (bicyclic) bond motifs is 5. The topological polar surface area (TPSA) is 73.7 Å². The Bertz CT molecular complexity index is 1630. The van der Waals surface area contributed by atoms with Gasteiger partial charge in [-0.05, 0) is 24.6 Å². The highest BCUT2D eigenvalue weighted by Gasteiger charge is 2.28. The SMILES string of the molecule is Cc1ccc(-n2c(=O)c3c4c(sc3n3c(SCC(=O)c5ccccc5)nnc23)C[NH+](C)CC4)cc1. The first-order valence-electron chi connectivity index (χ1n) is 11.5. The molecule has 5 aromatic rings. The third kappa shape index (κ3) is 3.80. The van der Waals surface area contributed by atoms with Gasteiger partial charge in [0.1, 0.15) is 11.4 Å². The van der Waals surface area contributed by atoms with Gasteiger partial charge in [0, 0.05) is 12.0 Å². The van der Waals surface area contributed by atoms with Crippen molar-refractivity contribution >= 4 is 44.9 Å². The molecule has 0 amide bonds. The number of nitrogens with one attached hydrogen (secondary N) is 1. The molecule has 35 heavy (non-hydrogen) atoms. The summed E-state index contributed by atoms with van der Waals surface area (Å²) in [5, 5.41) is 10.3. The summed E-state index contributed by atoms with van der Waals surface area (Å²) < 4.78 is 3.63. The molecule has 3 aromatic heterocycles. The number of thioether (sulfide) groups is 1. The maximum atomic E-state index is 13.9. The molecule has 1 aliphatic heterocycles. The molecular formula is C26H24N5O2S2+. The second-order valence-electron chi connectivity index (χ2n) is 8.99. The van der Waals surface area contributed by atoms with Crippen LogP contribution in [0.1, 0.15) is 26.4 Å². The summed E-state index contributed by atoms with van der Waals surface area (Å²) in [5.74, 6) is 0.750. The summed E-state index contributed by atoms with van der Waals surface area (Å²) in [6.07, 6.45) is 0.868. The molecule has 176 valence electrons. The van der Waals surface area contributed by atoms with Gasteiger partial charge in [0.05, 0.1) is 35.3 Å². The Hall–Kier alpha value is -3.27. The van der Waals surface area contributed by atoms with Crippen LogP contribution in [-0.2, 0) is 13.0 Å². The number of quaternary nitrogens is 1. The molecule has 6 rings (SSSR count). The van der Waals surface area contributed by atoms with Crippen LogP contribution in [0.15, 0.2) is 64.5 Å². The van der Waals surface area contributed by atoms with Crippen molar-refractivity contribution in [2.75, 3.05) is 19.3 Å². The van der Waals surface area contributed by atoms with Crippen LogP contribution in [-0.4, -0.2) is 44.3 Å². The minimum atomic E-state index is -0.0577. The van der Waals surface area contributed by atoms with Crippen LogP contribution in [0.5, 0.6) is 0 Å². The molecule has 0 saturated carbocycles. The van der Waals surface area contributed by atoms with Gasteiger partial charge in [-0.15, -0.1) is 21.5 Å². The second-order valence-corrected chi connectivity index (χ2v) is 11.0. The standard InChI is InChI=1S/C26H23N5O2S2/c1-16-8-10-18(11-9-16)30-23(33)22-19-12-13-29(2)14-21(19)35-24(22)31-25(30)27-28-26(31)34-15-20(32)17-6-4-3-5-7-17/h3-11H,12-15H2,1-2H3/p+1. The number of carbonyl (C=O) groups is 1. The molecule has 1 unspecified atom stereocenters.